The summed E-state index contributed by atoms with van der Waals surface area (Å²) in [5.41, 5.74) is 0.981. The minimum absolute atomic E-state index is 0.174. The molecule has 0 radical (unpaired) electrons. The van der Waals surface area contributed by atoms with Crippen molar-refractivity contribution in [3.05, 3.63) is 64.8 Å². The fraction of sp³-hybridized carbons (Fsp3) is 0.0625. The van der Waals surface area contributed by atoms with Crippen LogP contribution in [0.5, 0.6) is 0 Å². The Hall–Kier alpha value is -2.19. The Labute approximate surface area is 133 Å². The van der Waals surface area contributed by atoms with Crippen LogP contribution in [0.3, 0.4) is 0 Å². The Balaban J connectivity index is 2.35. The molecule has 1 aromatic heterocycles. The average molecular weight is 334 g/mol. The van der Waals surface area contributed by atoms with E-state index in [1.807, 2.05) is 0 Å². The molecule has 2 aromatic carbocycles. The van der Waals surface area contributed by atoms with Gasteiger partial charge in [0.15, 0.2) is 0 Å². The summed E-state index contributed by atoms with van der Waals surface area (Å²) in [4.78, 5) is 12.4. The first-order valence-electron chi connectivity index (χ1n) is 6.73. The molecular weight excluding hydrogens is 319 g/mol. The van der Waals surface area contributed by atoms with Crippen LogP contribution in [-0.4, -0.2) is 13.7 Å². The molecule has 4 N–H and O–H groups in total. The van der Waals surface area contributed by atoms with Crippen molar-refractivity contribution in [2.75, 3.05) is 0 Å². The van der Waals surface area contributed by atoms with Gasteiger partial charge in [0.2, 0.25) is 0 Å². The molecule has 0 fully saturated rings. The number of hydrogen-bond donors (Lipinski definition) is 3. The SMILES string of the molecule is Cn1cc(-c2cccc(S(N)(O)O)c2)c2cc(F)ccc2c1=O. The lowest BCUT2D eigenvalue weighted by Gasteiger charge is -2.26. The van der Waals surface area contributed by atoms with Gasteiger partial charge < -0.3 is 4.57 Å². The van der Waals surface area contributed by atoms with Crippen LogP contribution in [0.25, 0.3) is 21.9 Å². The van der Waals surface area contributed by atoms with E-state index in [0.29, 0.717) is 21.9 Å². The highest BCUT2D eigenvalue weighted by Gasteiger charge is 2.14. The van der Waals surface area contributed by atoms with Gasteiger partial charge in [0.25, 0.3) is 5.56 Å². The maximum absolute atomic E-state index is 13.6. The molecule has 120 valence electrons. The second kappa shape index (κ2) is 5.47. The molecule has 0 aliphatic carbocycles. The van der Waals surface area contributed by atoms with Crippen LogP contribution in [0, 0.1) is 5.82 Å². The maximum Gasteiger partial charge on any atom is 0.258 e. The molecule has 0 saturated heterocycles. The van der Waals surface area contributed by atoms with Crippen LogP contribution in [0.1, 0.15) is 0 Å². The molecule has 5 nitrogen and oxygen atoms in total. The number of hydrogen-bond acceptors (Lipinski definition) is 4. The predicted octanol–water partition coefficient (Wildman–Crippen LogP) is 3.33. The zero-order valence-corrected chi connectivity index (χ0v) is 13.0. The van der Waals surface area contributed by atoms with Crippen molar-refractivity contribution in [2.24, 2.45) is 12.2 Å². The van der Waals surface area contributed by atoms with Gasteiger partial charge in [-0.25, -0.2) is 9.53 Å². The molecule has 0 amide bonds. The van der Waals surface area contributed by atoms with Gasteiger partial charge in [-0.15, -0.1) is 10.8 Å². The lowest BCUT2D eigenvalue weighted by molar-refractivity contribution is 0.489. The van der Waals surface area contributed by atoms with Gasteiger partial charge in [-0.2, -0.15) is 0 Å². The predicted molar refractivity (Wildman–Crippen MR) is 89.9 cm³/mol. The Morgan fingerprint density at radius 1 is 1.13 bits per heavy atom. The van der Waals surface area contributed by atoms with E-state index in [0.717, 1.165) is 0 Å². The quantitative estimate of drug-likeness (QED) is 0.671. The Morgan fingerprint density at radius 3 is 2.57 bits per heavy atom. The van der Waals surface area contributed by atoms with Crippen molar-refractivity contribution in [1.82, 2.24) is 4.57 Å². The number of rotatable bonds is 2. The van der Waals surface area contributed by atoms with Crippen LogP contribution in [0.4, 0.5) is 4.39 Å². The number of halogens is 1. The highest BCUT2D eigenvalue weighted by atomic mass is 32.3. The molecular formula is C16H15FN2O3S. The van der Waals surface area contributed by atoms with E-state index in [1.165, 1.54) is 34.9 Å². The minimum atomic E-state index is -3.36. The zero-order valence-electron chi connectivity index (χ0n) is 12.2. The Kier molecular flexibility index (Phi) is 3.73. The largest absolute Gasteiger partial charge is 0.317 e. The number of nitrogens with two attached hydrogens (primary N) is 1. The molecule has 0 unspecified atom stereocenters. The monoisotopic (exact) mass is 334 g/mol. The van der Waals surface area contributed by atoms with Gasteiger partial charge in [0.1, 0.15) is 5.82 Å². The number of benzene rings is 2. The fourth-order valence-electron chi connectivity index (χ4n) is 2.52. The summed E-state index contributed by atoms with van der Waals surface area (Å²) in [5, 5.41) is 6.22. The Morgan fingerprint density at radius 2 is 1.87 bits per heavy atom. The van der Waals surface area contributed by atoms with Gasteiger partial charge in [-0.1, -0.05) is 12.1 Å². The normalized spacial score (nSPS) is 12.6. The first kappa shape index (κ1) is 15.7. The van der Waals surface area contributed by atoms with Crippen LogP contribution < -0.4 is 10.7 Å². The van der Waals surface area contributed by atoms with Crippen LogP contribution in [0.15, 0.2) is 58.4 Å². The van der Waals surface area contributed by atoms with Gasteiger partial charge in [-0.05, 0) is 41.3 Å². The van der Waals surface area contributed by atoms with E-state index in [2.05, 4.69) is 0 Å². The van der Waals surface area contributed by atoms with Crippen LogP contribution >= 0.6 is 10.8 Å². The standard InChI is InChI=1S/C16H15FN2O3S/c1-19-9-15(10-3-2-4-12(7-10)23(18,21)22)14-8-11(17)5-6-13(14)16(19)20/h2-9,21-22H,18H2,1H3. The molecule has 0 saturated carbocycles. The molecule has 23 heavy (non-hydrogen) atoms. The third-order valence-electron chi connectivity index (χ3n) is 3.64. The number of pyridine rings is 1. The van der Waals surface area contributed by atoms with Gasteiger partial charge in [0.05, 0.1) is 4.90 Å². The minimum Gasteiger partial charge on any atom is -0.317 e. The second-order valence-electron chi connectivity index (χ2n) is 5.27. The molecule has 0 aliphatic heterocycles. The first-order valence-corrected chi connectivity index (χ1v) is 8.34. The van der Waals surface area contributed by atoms with Crippen LogP contribution in [0.2, 0.25) is 0 Å². The average Bonchev–Trinajstić information content (AvgIpc) is 2.50. The zero-order chi connectivity index (χ0) is 16.8. The lowest BCUT2D eigenvalue weighted by Crippen LogP contribution is -2.16. The molecule has 7 heteroatoms. The van der Waals surface area contributed by atoms with E-state index < -0.39 is 16.6 Å². The highest BCUT2D eigenvalue weighted by Crippen LogP contribution is 2.41. The van der Waals surface area contributed by atoms with Crippen molar-refractivity contribution in [1.29, 1.82) is 0 Å². The molecule has 3 aromatic rings. The number of aryl methyl sites for hydroxylation is 1. The molecule has 0 spiro atoms. The van der Waals surface area contributed by atoms with Crippen molar-refractivity contribution in [2.45, 2.75) is 4.90 Å². The smallest absolute Gasteiger partial charge is 0.258 e. The summed E-state index contributed by atoms with van der Waals surface area (Å²) in [6.45, 7) is 0. The van der Waals surface area contributed by atoms with E-state index in [-0.39, 0.29) is 10.5 Å². The summed E-state index contributed by atoms with van der Waals surface area (Å²) >= 11 is 0. The van der Waals surface area contributed by atoms with Crippen molar-refractivity contribution < 1.29 is 13.5 Å². The summed E-state index contributed by atoms with van der Waals surface area (Å²) in [6, 6.07) is 10.4. The third-order valence-corrected chi connectivity index (χ3v) is 4.58. The highest BCUT2D eigenvalue weighted by molar-refractivity contribution is 8.22. The summed E-state index contributed by atoms with van der Waals surface area (Å²) in [5.74, 6) is -0.453. The van der Waals surface area contributed by atoms with E-state index in [4.69, 9.17) is 5.14 Å². The maximum atomic E-state index is 13.6. The van der Waals surface area contributed by atoms with Crippen molar-refractivity contribution in [3.8, 4) is 11.1 Å². The Bertz CT molecular complexity index is 964. The van der Waals surface area contributed by atoms with Crippen molar-refractivity contribution >= 4 is 21.5 Å². The third kappa shape index (κ3) is 2.87. The van der Waals surface area contributed by atoms with Gasteiger partial charge in [0, 0.05) is 24.2 Å². The second-order valence-corrected chi connectivity index (χ2v) is 6.93. The first-order chi connectivity index (χ1) is 10.8. The molecule has 0 atom stereocenters. The summed E-state index contributed by atoms with van der Waals surface area (Å²) in [6.07, 6.45) is 1.59. The topological polar surface area (TPSA) is 88.5 Å². The van der Waals surface area contributed by atoms with E-state index in [1.54, 1.807) is 25.4 Å². The molecule has 3 rings (SSSR count). The summed E-state index contributed by atoms with van der Waals surface area (Å²) in [7, 11) is -1.75. The summed E-state index contributed by atoms with van der Waals surface area (Å²) < 4.78 is 34.3. The number of fused-ring (bicyclic) bond motifs is 1. The lowest BCUT2D eigenvalue weighted by atomic mass is 10.0. The molecule has 1 heterocycles. The van der Waals surface area contributed by atoms with Gasteiger partial charge in [-0.3, -0.25) is 13.9 Å². The number of aromatic nitrogens is 1. The van der Waals surface area contributed by atoms with E-state index in [9.17, 15) is 18.3 Å². The van der Waals surface area contributed by atoms with Crippen molar-refractivity contribution in [3.63, 3.8) is 0 Å². The molecule has 0 bridgehead atoms. The number of nitrogens with zero attached hydrogens (tertiary/aromatic N) is 1. The van der Waals surface area contributed by atoms with E-state index >= 15 is 0 Å². The van der Waals surface area contributed by atoms with Gasteiger partial charge >= 0.3 is 0 Å². The molecule has 0 aliphatic rings. The fourth-order valence-corrected chi connectivity index (χ4v) is 3.10. The van der Waals surface area contributed by atoms with Crippen LogP contribution in [-0.2, 0) is 7.05 Å².